The van der Waals surface area contributed by atoms with Gasteiger partial charge in [-0.3, -0.25) is 4.79 Å². The van der Waals surface area contributed by atoms with Gasteiger partial charge in [-0.2, -0.15) is 0 Å². The van der Waals surface area contributed by atoms with Gasteiger partial charge in [0.1, 0.15) is 31.9 Å². The lowest BCUT2D eigenvalue weighted by Crippen LogP contribution is -3.29. The third-order valence-corrected chi connectivity index (χ3v) is 4.41. The van der Waals surface area contributed by atoms with Gasteiger partial charge < -0.3 is 19.9 Å². The van der Waals surface area contributed by atoms with Gasteiger partial charge in [0.05, 0.1) is 19.8 Å². The maximum Gasteiger partial charge on any atom is 0.282 e. The number of amides is 1. The highest BCUT2D eigenvalue weighted by Crippen LogP contribution is 2.27. The van der Waals surface area contributed by atoms with Gasteiger partial charge in [-0.15, -0.1) is 0 Å². The highest BCUT2D eigenvalue weighted by atomic mass is 35.5. The van der Waals surface area contributed by atoms with E-state index in [1.54, 1.807) is 25.3 Å². The maximum atomic E-state index is 12.4. The van der Waals surface area contributed by atoms with Crippen LogP contribution >= 0.6 is 11.6 Å². The molecule has 1 fully saturated rings. The third-order valence-electron chi connectivity index (χ3n) is 4.17. The molecule has 0 aromatic heterocycles. The summed E-state index contributed by atoms with van der Waals surface area (Å²) in [4.78, 5) is 15.3. The van der Waals surface area contributed by atoms with E-state index in [9.17, 15) is 4.79 Å². The molecule has 21 heavy (non-hydrogen) atoms. The topological polar surface area (TPSA) is 47.2 Å². The van der Waals surface area contributed by atoms with Crippen LogP contribution in [0.5, 0.6) is 5.75 Å². The number of nitrogens with one attached hydrogen (secondary N) is 3. The number of piperazine rings is 1. The second kappa shape index (κ2) is 7.11. The number of carbonyl (C=O) groups is 1. The molecule has 0 spiro atoms. The van der Waals surface area contributed by atoms with Gasteiger partial charge in [0, 0.05) is 5.02 Å². The van der Waals surface area contributed by atoms with Crippen LogP contribution in [0.4, 0.5) is 5.69 Å². The molecule has 1 aromatic carbocycles. The Labute approximate surface area is 130 Å². The number of halogens is 1. The predicted octanol–water partition coefficient (Wildman–Crippen LogP) is -0.911. The van der Waals surface area contributed by atoms with Crippen LogP contribution in [0.15, 0.2) is 18.2 Å². The van der Waals surface area contributed by atoms with Crippen LogP contribution in [0.3, 0.4) is 0 Å². The van der Waals surface area contributed by atoms with Crippen molar-refractivity contribution < 1.29 is 19.3 Å². The fourth-order valence-electron chi connectivity index (χ4n) is 2.64. The molecule has 1 aliphatic rings. The lowest BCUT2D eigenvalue weighted by molar-refractivity contribution is -1.01. The van der Waals surface area contributed by atoms with Gasteiger partial charge >= 0.3 is 0 Å². The number of rotatable bonds is 4. The Kier molecular flexibility index (Phi) is 5.45. The number of benzene rings is 1. The molecule has 0 unspecified atom stereocenters. The van der Waals surface area contributed by atoms with Gasteiger partial charge in [-0.25, -0.2) is 0 Å². The van der Waals surface area contributed by atoms with E-state index in [2.05, 4.69) is 12.4 Å². The standard InChI is InChI=1S/C15H22ClN3O2/c1-11(19-8-6-18(2)7-9-19)15(20)17-13-10-12(16)4-5-14(13)21-3/h4-5,10-11H,6-9H2,1-3H3,(H,17,20)/p+2/t11-/m0/s1. The molecule has 0 aliphatic carbocycles. The van der Waals surface area contributed by atoms with E-state index in [-0.39, 0.29) is 11.9 Å². The number of likely N-dealkylation sites (N-methyl/N-ethyl adjacent to an activating group) is 1. The zero-order valence-corrected chi connectivity index (χ0v) is 13.6. The van der Waals surface area contributed by atoms with E-state index in [1.807, 2.05) is 6.92 Å². The van der Waals surface area contributed by atoms with Crippen LogP contribution in [0.1, 0.15) is 6.92 Å². The van der Waals surface area contributed by atoms with E-state index in [4.69, 9.17) is 16.3 Å². The van der Waals surface area contributed by atoms with Crippen molar-refractivity contribution in [2.24, 2.45) is 0 Å². The number of carbonyl (C=O) groups excluding carboxylic acids is 1. The molecule has 2 rings (SSSR count). The molecule has 1 amide bonds. The predicted molar refractivity (Wildman–Crippen MR) is 83.4 cm³/mol. The van der Waals surface area contributed by atoms with Crippen molar-refractivity contribution in [3.05, 3.63) is 23.2 Å². The molecule has 0 radical (unpaired) electrons. The van der Waals surface area contributed by atoms with Crippen molar-refractivity contribution in [1.29, 1.82) is 0 Å². The molecule has 0 saturated carbocycles. The van der Waals surface area contributed by atoms with Crippen LogP contribution in [-0.4, -0.2) is 52.3 Å². The number of anilines is 1. The zero-order valence-electron chi connectivity index (χ0n) is 12.8. The summed E-state index contributed by atoms with van der Waals surface area (Å²) >= 11 is 5.99. The Hall–Kier alpha value is -1.30. The summed E-state index contributed by atoms with van der Waals surface area (Å²) in [5.41, 5.74) is 0.626. The maximum absolute atomic E-state index is 12.4. The van der Waals surface area contributed by atoms with Gasteiger partial charge in [0.25, 0.3) is 5.91 Å². The molecule has 1 saturated heterocycles. The average Bonchev–Trinajstić information content (AvgIpc) is 2.47. The normalized spacial score (nSPS) is 23.4. The smallest absolute Gasteiger partial charge is 0.282 e. The summed E-state index contributed by atoms with van der Waals surface area (Å²) in [5.74, 6) is 0.628. The first-order chi connectivity index (χ1) is 10.0. The number of hydrogen-bond acceptors (Lipinski definition) is 2. The lowest BCUT2D eigenvalue weighted by Gasteiger charge is -2.30. The van der Waals surface area contributed by atoms with Crippen molar-refractivity contribution in [1.82, 2.24) is 0 Å². The summed E-state index contributed by atoms with van der Waals surface area (Å²) in [6, 6.07) is 5.14. The molecule has 1 atom stereocenters. The van der Waals surface area contributed by atoms with E-state index in [0.29, 0.717) is 16.5 Å². The molecule has 1 heterocycles. The summed E-state index contributed by atoms with van der Waals surface area (Å²) in [6.07, 6.45) is 0. The van der Waals surface area contributed by atoms with Crippen LogP contribution < -0.4 is 19.9 Å². The Morgan fingerprint density at radius 1 is 1.33 bits per heavy atom. The van der Waals surface area contributed by atoms with Crippen molar-refractivity contribution in [2.45, 2.75) is 13.0 Å². The summed E-state index contributed by atoms with van der Waals surface area (Å²) < 4.78 is 5.26. The van der Waals surface area contributed by atoms with Crippen LogP contribution in [0, 0.1) is 0 Å². The molecule has 1 aliphatic heterocycles. The number of ether oxygens (including phenoxy) is 1. The van der Waals surface area contributed by atoms with E-state index in [0.717, 1.165) is 26.2 Å². The second-order valence-corrected chi connectivity index (χ2v) is 6.11. The molecule has 3 N–H and O–H groups in total. The molecule has 5 nitrogen and oxygen atoms in total. The van der Waals surface area contributed by atoms with Crippen LogP contribution in [0.2, 0.25) is 5.02 Å². The number of methoxy groups -OCH3 is 1. The van der Waals surface area contributed by atoms with Crippen LogP contribution in [-0.2, 0) is 4.79 Å². The second-order valence-electron chi connectivity index (χ2n) is 5.67. The summed E-state index contributed by atoms with van der Waals surface area (Å²) in [5, 5.41) is 3.51. The highest BCUT2D eigenvalue weighted by molar-refractivity contribution is 6.31. The van der Waals surface area contributed by atoms with Gasteiger partial charge in [-0.1, -0.05) is 11.6 Å². The first-order valence-electron chi connectivity index (χ1n) is 7.31. The van der Waals surface area contributed by atoms with Crippen molar-refractivity contribution in [3.63, 3.8) is 0 Å². The summed E-state index contributed by atoms with van der Waals surface area (Å²) in [7, 11) is 3.77. The summed E-state index contributed by atoms with van der Waals surface area (Å²) in [6.45, 7) is 6.23. The van der Waals surface area contributed by atoms with Crippen molar-refractivity contribution >= 4 is 23.2 Å². The number of hydrogen-bond donors (Lipinski definition) is 3. The first kappa shape index (κ1) is 16.1. The largest absolute Gasteiger partial charge is 0.495 e. The lowest BCUT2D eigenvalue weighted by atomic mass is 10.2. The van der Waals surface area contributed by atoms with E-state index in [1.165, 1.54) is 9.80 Å². The fourth-order valence-corrected chi connectivity index (χ4v) is 2.81. The molecular formula is C15H24ClN3O2+2. The first-order valence-corrected chi connectivity index (χ1v) is 7.69. The molecule has 116 valence electrons. The Balaban J connectivity index is 2.02. The quantitative estimate of drug-likeness (QED) is 0.674. The van der Waals surface area contributed by atoms with Crippen LogP contribution in [0.25, 0.3) is 0 Å². The Morgan fingerprint density at radius 2 is 2.00 bits per heavy atom. The molecule has 1 aromatic rings. The number of quaternary nitrogens is 2. The molecule has 0 bridgehead atoms. The average molecular weight is 314 g/mol. The monoisotopic (exact) mass is 313 g/mol. The minimum atomic E-state index is -0.0817. The minimum absolute atomic E-state index is 0.00474. The molecular weight excluding hydrogens is 290 g/mol. The van der Waals surface area contributed by atoms with Crippen molar-refractivity contribution in [2.75, 3.05) is 45.7 Å². The highest BCUT2D eigenvalue weighted by Gasteiger charge is 2.30. The zero-order chi connectivity index (χ0) is 15.4. The Morgan fingerprint density at radius 3 is 2.62 bits per heavy atom. The van der Waals surface area contributed by atoms with Crippen molar-refractivity contribution in [3.8, 4) is 5.75 Å². The van der Waals surface area contributed by atoms with E-state index < -0.39 is 0 Å². The fraction of sp³-hybridized carbons (Fsp3) is 0.533. The van der Waals surface area contributed by atoms with Gasteiger partial charge in [0.2, 0.25) is 0 Å². The Bertz CT molecular complexity index is 502. The third kappa shape index (κ3) is 4.09. The minimum Gasteiger partial charge on any atom is -0.495 e. The molecule has 6 heteroatoms. The SMILES string of the molecule is COc1ccc(Cl)cc1NC(=O)[C@H](C)[NH+]1CC[NH+](C)CC1. The van der Waals surface area contributed by atoms with Gasteiger partial charge in [0.15, 0.2) is 6.04 Å². The van der Waals surface area contributed by atoms with E-state index >= 15 is 0 Å². The van der Waals surface area contributed by atoms with Gasteiger partial charge in [-0.05, 0) is 25.1 Å².